The summed E-state index contributed by atoms with van der Waals surface area (Å²) in [5.41, 5.74) is 0.464. The van der Waals surface area contributed by atoms with Crippen LogP contribution in [0.15, 0.2) is 24.3 Å². The third kappa shape index (κ3) is 4.20. The van der Waals surface area contributed by atoms with Crippen LogP contribution in [0.1, 0.15) is 31.9 Å². The summed E-state index contributed by atoms with van der Waals surface area (Å²) in [6.45, 7) is 1.56. The van der Waals surface area contributed by atoms with Gasteiger partial charge in [0.15, 0.2) is 0 Å². The smallest absolute Gasteiger partial charge is 0.389 e. The Balaban J connectivity index is 2.08. The monoisotopic (exact) mass is 300 g/mol. The molecule has 2 aromatic rings. The fourth-order valence-electron chi connectivity index (χ4n) is 2.54. The van der Waals surface area contributed by atoms with Crippen molar-refractivity contribution < 1.29 is 18.3 Å². The van der Waals surface area contributed by atoms with Gasteiger partial charge in [0, 0.05) is 25.3 Å². The fraction of sp³-hybridized carbons (Fsp3) is 0.533. The van der Waals surface area contributed by atoms with Gasteiger partial charge in [0.25, 0.3) is 0 Å². The molecule has 0 amide bonds. The second-order valence-electron chi connectivity index (χ2n) is 5.73. The summed E-state index contributed by atoms with van der Waals surface area (Å²) in [5, 5.41) is 15.6. The Morgan fingerprint density at radius 1 is 1.19 bits per heavy atom. The predicted molar refractivity (Wildman–Crippen MR) is 74.9 cm³/mol. The molecule has 0 aliphatic heterocycles. The van der Waals surface area contributed by atoms with Crippen molar-refractivity contribution in [2.45, 2.75) is 44.4 Å². The topological polar surface area (TPSA) is 38.0 Å². The van der Waals surface area contributed by atoms with Crippen LogP contribution in [-0.4, -0.2) is 26.7 Å². The van der Waals surface area contributed by atoms with E-state index in [1.54, 1.807) is 11.6 Å². The van der Waals surface area contributed by atoms with E-state index in [0.717, 1.165) is 10.9 Å². The van der Waals surface area contributed by atoms with Gasteiger partial charge in [-0.05, 0) is 25.8 Å². The van der Waals surface area contributed by atoms with Gasteiger partial charge in [-0.1, -0.05) is 18.2 Å². The molecule has 0 aliphatic rings. The minimum absolute atomic E-state index is 0.0821. The summed E-state index contributed by atoms with van der Waals surface area (Å²) >= 11 is 0. The van der Waals surface area contributed by atoms with Gasteiger partial charge in [0.2, 0.25) is 0 Å². The van der Waals surface area contributed by atoms with E-state index < -0.39 is 18.2 Å². The van der Waals surface area contributed by atoms with Gasteiger partial charge < -0.3 is 5.11 Å². The van der Waals surface area contributed by atoms with Gasteiger partial charge in [0.1, 0.15) is 0 Å². The molecular weight excluding hydrogens is 281 g/mol. The Morgan fingerprint density at radius 3 is 2.52 bits per heavy atom. The zero-order valence-electron chi connectivity index (χ0n) is 12.1. The number of aryl methyl sites for hydroxylation is 1. The number of para-hydroxylation sites is 1. The molecule has 21 heavy (non-hydrogen) atoms. The minimum Gasteiger partial charge on any atom is -0.390 e. The lowest BCUT2D eigenvalue weighted by molar-refractivity contribution is -0.137. The third-order valence-electron chi connectivity index (χ3n) is 3.56. The lowest BCUT2D eigenvalue weighted by Gasteiger charge is -2.22. The summed E-state index contributed by atoms with van der Waals surface area (Å²) in [5.74, 6) is 0. The fourth-order valence-corrected chi connectivity index (χ4v) is 2.54. The Kier molecular flexibility index (Phi) is 4.27. The van der Waals surface area contributed by atoms with Crippen molar-refractivity contribution >= 4 is 10.9 Å². The van der Waals surface area contributed by atoms with E-state index >= 15 is 0 Å². The number of rotatable bonds is 5. The lowest BCUT2D eigenvalue weighted by atomic mass is 9.92. The van der Waals surface area contributed by atoms with Crippen LogP contribution >= 0.6 is 0 Å². The summed E-state index contributed by atoms with van der Waals surface area (Å²) in [4.78, 5) is 0. The van der Waals surface area contributed by atoms with E-state index in [2.05, 4.69) is 5.10 Å². The van der Waals surface area contributed by atoms with Crippen molar-refractivity contribution in [1.82, 2.24) is 9.78 Å². The molecule has 0 bridgehead atoms. The van der Waals surface area contributed by atoms with Crippen molar-refractivity contribution in [2.75, 3.05) is 0 Å². The SMILES string of the molecule is Cn1nc(CC(C)(O)CCCC(F)(F)F)c2ccccc21. The zero-order valence-corrected chi connectivity index (χ0v) is 12.1. The minimum atomic E-state index is -4.17. The summed E-state index contributed by atoms with van der Waals surface area (Å²) in [6, 6.07) is 7.61. The number of aliphatic hydroxyl groups is 1. The van der Waals surface area contributed by atoms with Crippen molar-refractivity contribution in [1.29, 1.82) is 0 Å². The number of hydrogen-bond acceptors (Lipinski definition) is 2. The van der Waals surface area contributed by atoms with Crippen molar-refractivity contribution in [3.8, 4) is 0 Å². The molecule has 1 heterocycles. The molecule has 0 fully saturated rings. The highest BCUT2D eigenvalue weighted by molar-refractivity contribution is 5.81. The Bertz CT molecular complexity index is 617. The normalized spacial score (nSPS) is 15.3. The van der Waals surface area contributed by atoms with Crippen LogP contribution in [0.2, 0.25) is 0 Å². The molecule has 1 atom stereocenters. The van der Waals surface area contributed by atoms with Gasteiger partial charge in [-0.25, -0.2) is 0 Å². The molecule has 1 unspecified atom stereocenters. The molecule has 0 saturated carbocycles. The molecule has 0 spiro atoms. The highest BCUT2D eigenvalue weighted by Gasteiger charge is 2.30. The second-order valence-corrected chi connectivity index (χ2v) is 5.73. The lowest BCUT2D eigenvalue weighted by Crippen LogP contribution is -2.28. The molecule has 3 nitrogen and oxygen atoms in total. The van der Waals surface area contributed by atoms with E-state index in [9.17, 15) is 18.3 Å². The van der Waals surface area contributed by atoms with E-state index in [4.69, 9.17) is 0 Å². The molecule has 1 N–H and O–H groups in total. The van der Waals surface area contributed by atoms with E-state index in [-0.39, 0.29) is 19.3 Å². The Hall–Kier alpha value is -1.56. The Morgan fingerprint density at radius 2 is 1.86 bits per heavy atom. The van der Waals surface area contributed by atoms with Crippen LogP contribution in [0.4, 0.5) is 13.2 Å². The number of fused-ring (bicyclic) bond motifs is 1. The second kappa shape index (κ2) is 5.67. The van der Waals surface area contributed by atoms with Crippen molar-refractivity contribution in [3.05, 3.63) is 30.0 Å². The molecule has 6 heteroatoms. The molecular formula is C15H19F3N2O. The van der Waals surface area contributed by atoms with Crippen molar-refractivity contribution in [2.24, 2.45) is 7.05 Å². The van der Waals surface area contributed by atoms with Crippen LogP contribution in [0.3, 0.4) is 0 Å². The number of aromatic nitrogens is 2. The maximum Gasteiger partial charge on any atom is 0.389 e. The molecule has 2 rings (SSSR count). The number of benzene rings is 1. The number of nitrogens with zero attached hydrogens (tertiary/aromatic N) is 2. The molecule has 0 radical (unpaired) electrons. The zero-order chi connectivity index (χ0) is 15.7. The molecule has 116 valence electrons. The first-order chi connectivity index (χ1) is 9.68. The predicted octanol–water partition coefficient (Wildman–Crippen LogP) is 3.60. The molecule has 0 aliphatic carbocycles. The number of alkyl halides is 3. The van der Waals surface area contributed by atoms with Gasteiger partial charge in [0.05, 0.1) is 16.8 Å². The number of hydrogen-bond donors (Lipinski definition) is 1. The maximum atomic E-state index is 12.2. The van der Waals surface area contributed by atoms with Gasteiger partial charge >= 0.3 is 6.18 Å². The highest BCUT2D eigenvalue weighted by atomic mass is 19.4. The molecule has 1 aromatic heterocycles. The molecule has 1 aromatic carbocycles. The van der Waals surface area contributed by atoms with Gasteiger partial charge in [-0.2, -0.15) is 18.3 Å². The van der Waals surface area contributed by atoms with Crippen molar-refractivity contribution in [3.63, 3.8) is 0 Å². The standard InChI is InChI=1S/C15H19F3N2O/c1-14(21,8-5-9-15(16,17)18)10-12-11-6-3-4-7-13(11)20(2)19-12/h3-4,6-7,21H,5,8-10H2,1-2H3. The molecule has 0 saturated heterocycles. The number of halogens is 3. The van der Waals surface area contributed by atoms with Crippen LogP contribution in [0.5, 0.6) is 0 Å². The van der Waals surface area contributed by atoms with E-state index in [0.29, 0.717) is 5.69 Å². The van der Waals surface area contributed by atoms with Crippen LogP contribution in [-0.2, 0) is 13.5 Å². The van der Waals surface area contributed by atoms with Crippen LogP contribution < -0.4 is 0 Å². The summed E-state index contributed by atoms with van der Waals surface area (Å²) in [6.07, 6.45) is -4.79. The average Bonchev–Trinajstić information content (AvgIpc) is 2.64. The van der Waals surface area contributed by atoms with Crippen LogP contribution in [0, 0.1) is 0 Å². The van der Waals surface area contributed by atoms with E-state index in [1.807, 2.05) is 31.3 Å². The van der Waals surface area contributed by atoms with Crippen LogP contribution in [0.25, 0.3) is 10.9 Å². The van der Waals surface area contributed by atoms with Gasteiger partial charge in [-0.15, -0.1) is 0 Å². The summed E-state index contributed by atoms with van der Waals surface area (Å²) in [7, 11) is 1.81. The first-order valence-electron chi connectivity index (χ1n) is 6.88. The largest absolute Gasteiger partial charge is 0.390 e. The first kappa shape index (κ1) is 15.8. The quantitative estimate of drug-likeness (QED) is 0.916. The first-order valence-corrected chi connectivity index (χ1v) is 6.88. The third-order valence-corrected chi connectivity index (χ3v) is 3.56. The summed E-state index contributed by atoms with van der Waals surface area (Å²) < 4.78 is 38.2. The van der Waals surface area contributed by atoms with E-state index in [1.165, 1.54) is 0 Å². The van der Waals surface area contributed by atoms with Gasteiger partial charge in [-0.3, -0.25) is 4.68 Å². The maximum absolute atomic E-state index is 12.2. The Labute approximate surface area is 121 Å². The highest BCUT2D eigenvalue weighted by Crippen LogP contribution is 2.28. The average molecular weight is 300 g/mol.